The number of fused-ring (bicyclic) bond motifs is 1. The minimum absolute atomic E-state index is 0.746. The van der Waals surface area contributed by atoms with Gasteiger partial charge in [0.1, 0.15) is 5.82 Å². The Morgan fingerprint density at radius 2 is 1.77 bits per heavy atom. The van der Waals surface area contributed by atoms with Crippen molar-refractivity contribution in [3.05, 3.63) is 91.3 Å². The summed E-state index contributed by atoms with van der Waals surface area (Å²) in [5, 5.41) is 4.72. The van der Waals surface area contributed by atoms with E-state index in [-0.39, 0.29) is 0 Å². The molecule has 0 spiro atoms. The Kier molecular flexibility index (Phi) is 4.92. The van der Waals surface area contributed by atoms with Crippen LogP contribution in [0.15, 0.2) is 85.5 Å². The SMILES string of the molecule is CCn1ccc2cc(-c3cnc(C)nc3-c3ccccc3Nc3ccncc3)ccc21. The van der Waals surface area contributed by atoms with Crippen molar-refractivity contribution < 1.29 is 0 Å². The molecule has 3 aromatic heterocycles. The van der Waals surface area contributed by atoms with E-state index >= 15 is 0 Å². The highest BCUT2D eigenvalue weighted by Gasteiger charge is 2.15. The van der Waals surface area contributed by atoms with Gasteiger partial charge in [0.2, 0.25) is 0 Å². The summed E-state index contributed by atoms with van der Waals surface area (Å²) in [6, 6.07) is 20.9. The van der Waals surface area contributed by atoms with E-state index in [1.54, 1.807) is 12.4 Å². The van der Waals surface area contributed by atoms with Crippen LogP contribution in [0, 0.1) is 6.92 Å². The first kappa shape index (κ1) is 19.0. The smallest absolute Gasteiger partial charge is 0.125 e. The van der Waals surface area contributed by atoms with Crippen LogP contribution in [0.4, 0.5) is 11.4 Å². The minimum Gasteiger partial charge on any atom is -0.355 e. The summed E-state index contributed by atoms with van der Waals surface area (Å²) in [5.41, 5.74) is 7.28. The summed E-state index contributed by atoms with van der Waals surface area (Å²) in [5.74, 6) is 0.746. The molecule has 2 aromatic carbocycles. The second kappa shape index (κ2) is 8.03. The lowest BCUT2D eigenvalue weighted by atomic mass is 9.98. The molecule has 5 heteroatoms. The van der Waals surface area contributed by atoms with E-state index in [9.17, 15) is 0 Å². The summed E-state index contributed by atoms with van der Waals surface area (Å²) in [6.07, 6.45) is 7.62. The number of aryl methyl sites for hydroxylation is 2. The van der Waals surface area contributed by atoms with E-state index in [0.717, 1.165) is 46.1 Å². The summed E-state index contributed by atoms with van der Waals surface area (Å²) in [4.78, 5) is 13.5. The highest BCUT2D eigenvalue weighted by molar-refractivity contribution is 5.92. The maximum absolute atomic E-state index is 4.85. The van der Waals surface area contributed by atoms with Gasteiger partial charge in [0, 0.05) is 64.7 Å². The van der Waals surface area contributed by atoms with Gasteiger partial charge in [0.15, 0.2) is 0 Å². The second-order valence-corrected chi connectivity index (χ2v) is 7.46. The molecule has 152 valence electrons. The topological polar surface area (TPSA) is 55.6 Å². The van der Waals surface area contributed by atoms with Gasteiger partial charge in [0.25, 0.3) is 0 Å². The average molecular weight is 406 g/mol. The maximum Gasteiger partial charge on any atom is 0.125 e. The molecule has 31 heavy (non-hydrogen) atoms. The molecule has 0 amide bonds. The summed E-state index contributed by atoms with van der Waals surface area (Å²) >= 11 is 0. The third kappa shape index (κ3) is 3.66. The second-order valence-electron chi connectivity index (χ2n) is 7.46. The van der Waals surface area contributed by atoms with Crippen LogP contribution in [0.5, 0.6) is 0 Å². The molecule has 5 nitrogen and oxygen atoms in total. The van der Waals surface area contributed by atoms with Gasteiger partial charge in [-0.2, -0.15) is 0 Å². The Bertz CT molecular complexity index is 1360. The predicted molar refractivity (Wildman–Crippen MR) is 126 cm³/mol. The summed E-state index contributed by atoms with van der Waals surface area (Å²) < 4.78 is 2.25. The van der Waals surface area contributed by atoms with E-state index in [0.29, 0.717) is 0 Å². The van der Waals surface area contributed by atoms with Crippen LogP contribution < -0.4 is 5.32 Å². The molecule has 0 saturated heterocycles. The largest absolute Gasteiger partial charge is 0.355 e. The normalized spacial score (nSPS) is 11.0. The first-order valence-electron chi connectivity index (χ1n) is 10.4. The highest BCUT2D eigenvalue weighted by atomic mass is 14.9. The number of nitrogens with zero attached hydrogens (tertiary/aromatic N) is 4. The van der Waals surface area contributed by atoms with E-state index in [4.69, 9.17) is 4.98 Å². The van der Waals surface area contributed by atoms with Crippen molar-refractivity contribution in [1.82, 2.24) is 19.5 Å². The van der Waals surface area contributed by atoms with E-state index in [1.165, 1.54) is 10.9 Å². The van der Waals surface area contributed by atoms with Gasteiger partial charge in [-0.15, -0.1) is 0 Å². The van der Waals surface area contributed by atoms with E-state index < -0.39 is 0 Å². The van der Waals surface area contributed by atoms with Crippen LogP contribution in [0.1, 0.15) is 12.7 Å². The zero-order valence-electron chi connectivity index (χ0n) is 17.6. The number of nitrogens with one attached hydrogen (secondary N) is 1. The quantitative estimate of drug-likeness (QED) is 0.376. The minimum atomic E-state index is 0.746. The number of para-hydroxylation sites is 1. The molecule has 0 atom stereocenters. The molecule has 3 heterocycles. The molecule has 0 unspecified atom stereocenters. The van der Waals surface area contributed by atoms with Gasteiger partial charge in [-0.3, -0.25) is 4.98 Å². The number of benzene rings is 2. The predicted octanol–water partition coefficient (Wildman–Crippen LogP) is 6.23. The number of hydrogen-bond acceptors (Lipinski definition) is 4. The Hall–Kier alpha value is -3.99. The Balaban J connectivity index is 1.64. The van der Waals surface area contributed by atoms with E-state index in [2.05, 4.69) is 69.4 Å². The van der Waals surface area contributed by atoms with Crippen molar-refractivity contribution in [2.75, 3.05) is 5.32 Å². The van der Waals surface area contributed by atoms with Crippen molar-refractivity contribution in [2.45, 2.75) is 20.4 Å². The zero-order chi connectivity index (χ0) is 21.2. The Labute approximate surface area is 181 Å². The fraction of sp³-hybridized carbons (Fsp3) is 0.115. The number of hydrogen-bond donors (Lipinski definition) is 1. The van der Waals surface area contributed by atoms with Crippen molar-refractivity contribution in [3.63, 3.8) is 0 Å². The van der Waals surface area contributed by atoms with Gasteiger partial charge >= 0.3 is 0 Å². The third-order valence-electron chi connectivity index (χ3n) is 5.47. The lowest BCUT2D eigenvalue weighted by molar-refractivity contribution is 0.798. The average Bonchev–Trinajstić information content (AvgIpc) is 3.22. The Morgan fingerprint density at radius 1 is 0.935 bits per heavy atom. The molecule has 1 N–H and O–H groups in total. The summed E-state index contributed by atoms with van der Waals surface area (Å²) in [7, 11) is 0. The van der Waals surface area contributed by atoms with Crippen molar-refractivity contribution in [3.8, 4) is 22.4 Å². The molecule has 0 saturated carbocycles. The van der Waals surface area contributed by atoms with Gasteiger partial charge < -0.3 is 9.88 Å². The van der Waals surface area contributed by atoms with Gasteiger partial charge in [-0.25, -0.2) is 9.97 Å². The van der Waals surface area contributed by atoms with Gasteiger partial charge in [-0.05, 0) is 55.8 Å². The standard InChI is InChI=1S/C26H23N5/c1-3-31-15-12-20-16-19(8-9-25(20)31)23-17-28-18(2)29-26(23)22-6-4-5-7-24(22)30-21-10-13-27-14-11-21/h4-17H,3H2,1-2H3,(H,27,30). The van der Waals surface area contributed by atoms with Crippen molar-refractivity contribution in [2.24, 2.45) is 0 Å². The zero-order valence-corrected chi connectivity index (χ0v) is 17.6. The number of aromatic nitrogens is 4. The van der Waals surface area contributed by atoms with Crippen LogP contribution in [0.25, 0.3) is 33.3 Å². The monoisotopic (exact) mass is 405 g/mol. The van der Waals surface area contributed by atoms with Crippen LogP contribution in [0.3, 0.4) is 0 Å². The molecule has 0 aliphatic heterocycles. The van der Waals surface area contributed by atoms with Gasteiger partial charge in [0.05, 0.1) is 5.69 Å². The molecule has 0 bridgehead atoms. The first-order chi connectivity index (χ1) is 15.2. The lowest BCUT2D eigenvalue weighted by Gasteiger charge is -2.15. The molecule has 0 aliphatic carbocycles. The van der Waals surface area contributed by atoms with Crippen molar-refractivity contribution in [1.29, 1.82) is 0 Å². The van der Waals surface area contributed by atoms with Crippen molar-refractivity contribution >= 4 is 22.3 Å². The third-order valence-corrected chi connectivity index (χ3v) is 5.47. The fourth-order valence-electron chi connectivity index (χ4n) is 3.92. The van der Waals surface area contributed by atoms with Crippen LogP contribution in [0.2, 0.25) is 0 Å². The molecule has 0 aliphatic rings. The number of pyridine rings is 1. The summed E-state index contributed by atoms with van der Waals surface area (Å²) in [6.45, 7) is 5.04. The van der Waals surface area contributed by atoms with Crippen LogP contribution in [-0.4, -0.2) is 19.5 Å². The van der Waals surface area contributed by atoms with Gasteiger partial charge in [-0.1, -0.05) is 24.3 Å². The molecular formula is C26H23N5. The van der Waals surface area contributed by atoms with Crippen LogP contribution >= 0.6 is 0 Å². The van der Waals surface area contributed by atoms with Crippen LogP contribution in [-0.2, 0) is 6.54 Å². The first-order valence-corrected chi connectivity index (χ1v) is 10.4. The molecular weight excluding hydrogens is 382 g/mol. The maximum atomic E-state index is 4.85. The number of anilines is 2. The fourth-order valence-corrected chi connectivity index (χ4v) is 3.92. The Morgan fingerprint density at radius 3 is 2.61 bits per heavy atom. The highest BCUT2D eigenvalue weighted by Crippen LogP contribution is 2.36. The lowest BCUT2D eigenvalue weighted by Crippen LogP contribution is -1.99. The molecule has 5 rings (SSSR count). The number of rotatable bonds is 5. The molecule has 0 radical (unpaired) electrons. The van der Waals surface area contributed by atoms with E-state index in [1.807, 2.05) is 37.4 Å². The molecule has 0 fully saturated rings. The molecule has 5 aromatic rings.